The molecule has 0 saturated carbocycles. The number of aryl methyl sites for hydroxylation is 1. The van der Waals surface area contributed by atoms with Crippen molar-refractivity contribution in [1.82, 2.24) is 25.4 Å². The van der Waals surface area contributed by atoms with Gasteiger partial charge in [-0.25, -0.2) is 4.99 Å². The first-order valence-electron chi connectivity index (χ1n) is 8.82. The molecular weight excluding hydrogens is 459 g/mol. The third-order valence-electron chi connectivity index (χ3n) is 3.89. The van der Waals surface area contributed by atoms with Gasteiger partial charge in [-0.05, 0) is 13.0 Å². The van der Waals surface area contributed by atoms with Gasteiger partial charge in [-0.15, -0.1) is 34.2 Å². The molecule has 9 heteroatoms. The number of rotatable bonds is 9. The summed E-state index contributed by atoms with van der Waals surface area (Å²) in [6.45, 7) is 6.89. The molecule has 2 rings (SSSR count). The second kappa shape index (κ2) is 12.4. The first kappa shape index (κ1) is 23.0. The summed E-state index contributed by atoms with van der Waals surface area (Å²) < 4.78 is 12.8. The molecule has 0 aliphatic heterocycles. The molecule has 0 atom stereocenters. The largest absolute Gasteiger partial charge is 0.493 e. The number of guanidine groups is 1. The van der Waals surface area contributed by atoms with E-state index in [0.29, 0.717) is 18.0 Å². The number of benzene rings is 1. The van der Waals surface area contributed by atoms with Crippen LogP contribution >= 0.6 is 24.0 Å². The maximum Gasteiger partial charge on any atom is 0.191 e. The Labute approximate surface area is 177 Å². The molecule has 0 radical (unpaired) electrons. The molecule has 150 valence electrons. The quantitative estimate of drug-likeness (QED) is 0.320. The normalized spacial score (nSPS) is 10.9. The van der Waals surface area contributed by atoms with E-state index in [4.69, 9.17) is 9.47 Å². The molecule has 8 nitrogen and oxygen atoms in total. The predicted molar refractivity (Wildman–Crippen MR) is 117 cm³/mol. The molecular formula is C18H29IN6O2. The van der Waals surface area contributed by atoms with Crippen LogP contribution < -0.4 is 20.1 Å². The van der Waals surface area contributed by atoms with Gasteiger partial charge in [0.05, 0.1) is 20.8 Å². The lowest BCUT2D eigenvalue weighted by molar-refractivity contribution is 0.352. The van der Waals surface area contributed by atoms with Gasteiger partial charge in [-0.3, -0.25) is 0 Å². The van der Waals surface area contributed by atoms with E-state index in [0.717, 1.165) is 43.4 Å². The number of aromatic nitrogens is 3. The van der Waals surface area contributed by atoms with Crippen molar-refractivity contribution in [3.8, 4) is 11.5 Å². The average molecular weight is 488 g/mol. The zero-order chi connectivity index (χ0) is 18.8. The Morgan fingerprint density at radius 1 is 1.19 bits per heavy atom. The van der Waals surface area contributed by atoms with Crippen LogP contribution in [0.4, 0.5) is 0 Å². The molecule has 27 heavy (non-hydrogen) atoms. The van der Waals surface area contributed by atoms with Crippen molar-refractivity contribution in [1.29, 1.82) is 0 Å². The molecule has 0 spiro atoms. The van der Waals surface area contributed by atoms with Gasteiger partial charge in [-0.1, -0.05) is 19.1 Å². The number of ether oxygens (including phenoxy) is 2. The Hall–Kier alpha value is -2.04. The highest BCUT2D eigenvalue weighted by molar-refractivity contribution is 14.0. The van der Waals surface area contributed by atoms with Gasteiger partial charge in [-0.2, -0.15) is 0 Å². The van der Waals surface area contributed by atoms with E-state index in [-0.39, 0.29) is 24.0 Å². The molecule has 1 aromatic carbocycles. The SMILES string of the molecule is CCNC(=NCc1cccc(OC)c1OC)NCCn1cnnc1CC.I. The van der Waals surface area contributed by atoms with Crippen molar-refractivity contribution >= 4 is 29.9 Å². The number of hydrogen-bond donors (Lipinski definition) is 2. The molecule has 0 aliphatic carbocycles. The van der Waals surface area contributed by atoms with Crippen LogP contribution in [-0.4, -0.2) is 48.0 Å². The lowest BCUT2D eigenvalue weighted by atomic mass is 10.2. The third-order valence-corrected chi connectivity index (χ3v) is 3.89. The molecule has 0 fully saturated rings. The van der Waals surface area contributed by atoms with E-state index >= 15 is 0 Å². The highest BCUT2D eigenvalue weighted by Crippen LogP contribution is 2.30. The number of hydrogen-bond acceptors (Lipinski definition) is 5. The second-order valence-electron chi connectivity index (χ2n) is 5.57. The summed E-state index contributed by atoms with van der Waals surface area (Å²) in [5.74, 6) is 3.16. The van der Waals surface area contributed by atoms with Crippen LogP contribution in [0.5, 0.6) is 11.5 Å². The Morgan fingerprint density at radius 2 is 2.00 bits per heavy atom. The number of halogens is 1. The standard InChI is InChI=1S/C18H28N6O2.HI/c1-5-16-23-22-13-24(16)11-10-20-18(19-6-2)21-12-14-8-7-9-15(25-3)17(14)26-4;/h7-9,13H,5-6,10-12H2,1-4H3,(H2,19,20,21);1H. The highest BCUT2D eigenvalue weighted by Gasteiger charge is 2.09. The molecule has 0 bridgehead atoms. The van der Waals surface area contributed by atoms with Crippen molar-refractivity contribution in [2.45, 2.75) is 33.4 Å². The van der Waals surface area contributed by atoms with E-state index in [2.05, 4.69) is 32.7 Å². The lowest BCUT2D eigenvalue weighted by Crippen LogP contribution is -2.38. The average Bonchev–Trinajstić information content (AvgIpc) is 3.13. The fourth-order valence-electron chi connectivity index (χ4n) is 2.62. The number of para-hydroxylation sites is 1. The monoisotopic (exact) mass is 488 g/mol. The first-order chi connectivity index (χ1) is 12.7. The smallest absolute Gasteiger partial charge is 0.191 e. The molecule has 2 aromatic rings. The van der Waals surface area contributed by atoms with Gasteiger partial charge in [0.2, 0.25) is 0 Å². The molecule has 1 heterocycles. The summed E-state index contributed by atoms with van der Waals surface area (Å²) in [7, 11) is 3.27. The van der Waals surface area contributed by atoms with Crippen molar-refractivity contribution in [3.63, 3.8) is 0 Å². The molecule has 2 N–H and O–H groups in total. The summed E-state index contributed by atoms with van der Waals surface area (Å²) >= 11 is 0. The van der Waals surface area contributed by atoms with Crippen LogP contribution in [0.15, 0.2) is 29.5 Å². The van der Waals surface area contributed by atoms with Crippen LogP contribution in [0.3, 0.4) is 0 Å². The Morgan fingerprint density at radius 3 is 2.67 bits per heavy atom. The van der Waals surface area contributed by atoms with Gasteiger partial charge < -0.3 is 24.7 Å². The summed E-state index contributed by atoms with van der Waals surface area (Å²) in [5, 5.41) is 14.6. The number of nitrogens with one attached hydrogen (secondary N) is 2. The second-order valence-corrected chi connectivity index (χ2v) is 5.57. The minimum atomic E-state index is 0. The lowest BCUT2D eigenvalue weighted by Gasteiger charge is -2.14. The first-order valence-corrected chi connectivity index (χ1v) is 8.82. The van der Waals surface area contributed by atoms with Crippen LogP contribution in [0, 0.1) is 0 Å². The number of methoxy groups -OCH3 is 2. The van der Waals surface area contributed by atoms with Crippen molar-refractivity contribution in [2.24, 2.45) is 4.99 Å². The van der Waals surface area contributed by atoms with E-state index < -0.39 is 0 Å². The molecule has 0 amide bonds. The zero-order valence-electron chi connectivity index (χ0n) is 16.4. The van der Waals surface area contributed by atoms with Gasteiger partial charge in [0.15, 0.2) is 17.5 Å². The van der Waals surface area contributed by atoms with Crippen molar-refractivity contribution in [2.75, 3.05) is 27.3 Å². The molecule has 1 aromatic heterocycles. The maximum absolute atomic E-state index is 5.46. The molecule has 0 saturated heterocycles. The topological polar surface area (TPSA) is 85.6 Å². The van der Waals surface area contributed by atoms with Gasteiger partial charge >= 0.3 is 0 Å². The van der Waals surface area contributed by atoms with E-state index in [9.17, 15) is 0 Å². The van der Waals surface area contributed by atoms with Gasteiger partial charge in [0, 0.05) is 31.6 Å². The summed E-state index contributed by atoms with van der Waals surface area (Å²) in [6.07, 6.45) is 2.62. The summed E-state index contributed by atoms with van der Waals surface area (Å²) in [4.78, 5) is 4.65. The Kier molecular flexibility index (Phi) is 10.5. The minimum Gasteiger partial charge on any atom is -0.493 e. The fourth-order valence-corrected chi connectivity index (χ4v) is 2.62. The van der Waals surface area contributed by atoms with Crippen molar-refractivity contribution < 1.29 is 9.47 Å². The van der Waals surface area contributed by atoms with E-state index in [1.807, 2.05) is 29.7 Å². The van der Waals surface area contributed by atoms with Gasteiger partial charge in [0.25, 0.3) is 0 Å². The number of aliphatic imine (C=N–C) groups is 1. The Bertz CT molecular complexity index is 720. The van der Waals surface area contributed by atoms with Crippen LogP contribution in [0.2, 0.25) is 0 Å². The van der Waals surface area contributed by atoms with Crippen LogP contribution in [0.25, 0.3) is 0 Å². The van der Waals surface area contributed by atoms with Crippen LogP contribution in [-0.2, 0) is 19.5 Å². The zero-order valence-corrected chi connectivity index (χ0v) is 18.7. The maximum atomic E-state index is 5.46. The van der Waals surface area contributed by atoms with E-state index in [1.165, 1.54) is 0 Å². The predicted octanol–water partition coefficient (Wildman–Crippen LogP) is 2.23. The third kappa shape index (κ3) is 6.56. The minimum absolute atomic E-state index is 0. The highest BCUT2D eigenvalue weighted by atomic mass is 127. The molecule has 0 unspecified atom stereocenters. The Balaban J connectivity index is 0.00000364. The van der Waals surface area contributed by atoms with Gasteiger partial charge in [0.1, 0.15) is 12.2 Å². The molecule has 0 aliphatic rings. The van der Waals surface area contributed by atoms with Crippen molar-refractivity contribution in [3.05, 3.63) is 35.9 Å². The summed E-state index contributed by atoms with van der Waals surface area (Å²) in [5.41, 5.74) is 0.969. The number of nitrogens with zero attached hydrogens (tertiary/aromatic N) is 4. The van der Waals surface area contributed by atoms with Crippen LogP contribution in [0.1, 0.15) is 25.2 Å². The summed E-state index contributed by atoms with van der Waals surface area (Å²) in [6, 6.07) is 5.80. The van der Waals surface area contributed by atoms with E-state index in [1.54, 1.807) is 20.5 Å². The fraction of sp³-hybridized carbons (Fsp3) is 0.500.